The van der Waals surface area contributed by atoms with Crippen LogP contribution in [0.4, 0.5) is 0 Å². The maximum absolute atomic E-state index is 13.6. The topological polar surface area (TPSA) is 63.7 Å². The molecule has 2 fully saturated rings. The minimum atomic E-state index is -3.81. The normalized spacial score (nSPS) is 28.6. The standard InChI is InChI=1S/C23H27NO4S/c1-16-12-14-19(15-13-16)29(26,27)24-17(2)22(18-8-4-3-5-9-18)28-23(24)20-10-6-7-11-21(20)25/h3-5,8-9,12-15,17,20,22-23H,6-7,10-11H2,1-2H3/t17-,20+,22?,23-/m0/s1. The third kappa shape index (κ3) is 3.77. The van der Waals surface area contributed by atoms with Crippen molar-refractivity contribution in [2.45, 2.75) is 62.8 Å². The fourth-order valence-corrected chi connectivity index (χ4v) is 6.20. The van der Waals surface area contributed by atoms with Gasteiger partial charge in [0.1, 0.15) is 18.1 Å². The average molecular weight is 414 g/mol. The minimum absolute atomic E-state index is 0.103. The Morgan fingerprint density at radius 2 is 1.69 bits per heavy atom. The van der Waals surface area contributed by atoms with Gasteiger partial charge in [0, 0.05) is 6.42 Å². The molecule has 5 nitrogen and oxygen atoms in total. The minimum Gasteiger partial charge on any atom is -0.352 e. The number of carbonyl (C=O) groups excluding carboxylic acids is 1. The first-order valence-electron chi connectivity index (χ1n) is 10.2. The zero-order valence-corrected chi connectivity index (χ0v) is 17.6. The molecule has 0 aromatic heterocycles. The molecule has 4 atom stereocenters. The van der Waals surface area contributed by atoms with E-state index in [4.69, 9.17) is 4.74 Å². The van der Waals surface area contributed by atoms with Gasteiger partial charge in [0.25, 0.3) is 0 Å². The lowest BCUT2D eigenvalue weighted by Crippen LogP contribution is -2.47. The van der Waals surface area contributed by atoms with Crippen LogP contribution in [-0.4, -0.2) is 30.8 Å². The van der Waals surface area contributed by atoms with Crippen LogP contribution in [0.3, 0.4) is 0 Å². The summed E-state index contributed by atoms with van der Waals surface area (Å²) in [6.45, 7) is 3.80. The number of benzene rings is 2. The molecule has 2 aliphatic rings. The van der Waals surface area contributed by atoms with Gasteiger partial charge in [-0.1, -0.05) is 54.4 Å². The largest absolute Gasteiger partial charge is 0.352 e. The Hall–Kier alpha value is -2.02. The van der Waals surface area contributed by atoms with E-state index in [9.17, 15) is 13.2 Å². The van der Waals surface area contributed by atoms with Crippen LogP contribution in [0.1, 0.15) is 49.8 Å². The number of nitrogens with zero attached hydrogens (tertiary/aromatic N) is 1. The van der Waals surface area contributed by atoms with Gasteiger partial charge in [-0.15, -0.1) is 0 Å². The summed E-state index contributed by atoms with van der Waals surface area (Å²) in [5.74, 6) is -0.314. The first kappa shape index (κ1) is 20.3. The van der Waals surface area contributed by atoms with Gasteiger partial charge in [0.15, 0.2) is 0 Å². The summed E-state index contributed by atoms with van der Waals surface area (Å²) in [7, 11) is -3.81. The van der Waals surface area contributed by atoms with Crippen LogP contribution in [0.5, 0.6) is 0 Å². The molecule has 154 valence electrons. The van der Waals surface area contributed by atoms with Crippen molar-refractivity contribution in [1.29, 1.82) is 0 Å². The molecule has 2 aromatic carbocycles. The molecular weight excluding hydrogens is 386 g/mol. The lowest BCUT2D eigenvalue weighted by atomic mass is 9.86. The molecule has 29 heavy (non-hydrogen) atoms. The third-order valence-electron chi connectivity index (χ3n) is 6.05. The zero-order chi connectivity index (χ0) is 20.6. The van der Waals surface area contributed by atoms with Crippen molar-refractivity contribution in [1.82, 2.24) is 4.31 Å². The van der Waals surface area contributed by atoms with Crippen LogP contribution in [0.15, 0.2) is 59.5 Å². The average Bonchev–Trinajstić information content (AvgIpc) is 3.07. The molecule has 2 aromatic rings. The van der Waals surface area contributed by atoms with E-state index in [-0.39, 0.29) is 10.7 Å². The number of carbonyl (C=O) groups is 1. The molecule has 1 saturated heterocycles. The fraction of sp³-hybridized carbons (Fsp3) is 0.435. The van der Waals surface area contributed by atoms with Gasteiger partial charge in [0.2, 0.25) is 10.0 Å². The van der Waals surface area contributed by atoms with Crippen LogP contribution in [-0.2, 0) is 19.6 Å². The lowest BCUT2D eigenvalue weighted by Gasteiger charge is -2.32. The summed E-state index contributed by atoms with van der Waals surface area (Å²) in [5.41, 5.74) is 1.92. The van der Waals surface area contributed by atoms with Crippen molar-refractivity contribution in [2.24, 2.45) is 5.92 Å². The summed E-state index contributed by atoms with van der Waals surface area (Å²) >= 11 is 0. The van der Waals surface area contributed by atoms with E-state index in [0.29, 0.717) is 12.8 Å². The lowest BCUT2D eigenvalue weighted by molar-refractivity contribution is -0.132. The summed E-state index contributed by atoms with van der Waals surface area (Å²) in [6, 6.07) is 16.1. The number of sulfonamides is 1. The molecule has 1 saturated carbocycles. The number of hydrogen-bond acceptors (Lipinski definition) is 4. The highest BCUT2D eigenvalue weighted by Gasteiger charge is 2.51. The highest BCUT2D eigenvalue weighted by molar-refractivity contribution is 7.89. The molecule has 0 radical (unpaired) electrons. The van der Waals surface area contributed by atoms with E-state index >= 15 is 0 Å². The number of aryl methyl sites for hydroxylation is 1. The van der Waals surface area contributed by atoms with Crippen molar-refractivity contribution >= 4 is 15.8 Å². The first-order valence-corrected chi connectivity index (χ1v) is 11.7. The Balaban J connectivity index is 1.76. The Labute approximate surface area is 172 Å². The van der Waals surface area contributed by atoms with Crippen LogP contribution >= 0.6 is 0 Å². The van der Waals surface area contributed by atoms with Crippen LogP contribution < -0.4 is 0 Å². The molecule has 6 heteroatoms. The third-order valence-corrected chi connectivity index (χ3v) is 8.01. The van der Waals surface area contributed by atoms with Gasteiger partial charge in [-0.3, -0.25) is 4.79 Å². The van der Waals surface area contributed by atoms with Gasteiger partial charge in [-0.2, -0.15) is 4.31 Å². The van der Waals surface area contributed by atoms with E-state index in [1.165, 1.54) is 4.31 Å². The molecule has 0 bridgehead atoms. The van der Waals surface area contributed by atoms with E-state index in [2.05, 4.69) is 0 Å². The second-order valence-corrected chi connectivity index (χ2v) is 9.91. The predicted octanol–water partition coefficient (Wildman–Crippen LogP) is 4.23. The van der Waals surface area contributed by atoms with Gasteiger partial charge in [-0.25, -0.2) is 8.42 Å². The monoisotopic (exact) mass is 413 g/mol. The number of hydrogen-bond donors (Lipinski definition) is 0. The van der Waals surface area contributed by atoms with E-state index in [1.807, 2.05) is 44.2 Å². The Kier molecular flexibility index (Phi) is 5.60. The summed E-state index contributed by atoms with van der Waals surface area (Å²) in [4.78, 5) is 12.9. The van der Waals surface area contributed by atoms with Gasteiger partial charge in [-0.05, 0) is 44.4 Å². The van der Waals surface area contributed by atoms with Gasteiger partial charge >= 0.3 is 0 Å². The first-order chi connectivity index (χ1) is 13.9. The predicted molar refractivity (Wildman–Crippen MR) is 111 cm³/mol. The van der Waals surface area contributed by atoms with Crippen LogP contribution in [0.25, 0.3) is 0 Å². The highest BCUT2D eigenvalue weighted by atomic mass is 32.2. The van der Waals surface area contributed by atoms with Crippen molar-refractivity contribution in [2.75, 3.05) is 0 Å². The Morgan fingerprint density at radius 1 is 1.00 bits per heavy atom. The second-order valence-electron chi connectivity index (χ2n) is 8.07. The quantitative estimate of drug-likeness (QED) is 0.752. The maximum atomic E-state index is 13.6. The summed E-state index contributed by atoms with van der Waals surface area (Å²) < 4.78 is 35.0. The van der Waals surface area contributed by atoms with Crippen LogP contribution in [0.2, 0.25) is 0 Å². The van der Waals surface area contributed by atoms with Crippen molar-refractivity contribution < 1.29 is 17.9 Å². The molecular formula is C23H27NO4S. The summed E-state index contributed by atoms with van der Waals surface area (Å²) in [6.07, 6.45) is 1.76. The smallest absolute Gasteiger partial charge is 0.245 e. The fourth-order valence-electron chi connectivity index (χ4n) is 4.46. The Morgan fingerprint density at radius 3 is 2.34 bits per heavy atom. The molecule has 0 amide bonds. The molecule has 1 unspecified atom stereocenters. The SMILES string of the molecule is Cc1ccc(S(=O)(=O)N2[C@@H](C)C(c3ccccc3)O[C@H]2[C@@H]2CCCCC2=O)cc1. The van der Waals surface area contributed by atoms with Crippen molar-refractivity contribution in [3.05, 3.63) is 65.7 Å². The molecule has 1 heterocycles. The molecule has 4 rings (SSSR count). The second kappa shape index (κ2) is 8.01. The highest BCUT2D eigenvalue weighted by Crippen LogP contribution is 2.43. The van der Waals surface area contributed by atoms with Gasteiger partial charge < -0.3 is 4.74 Å². The zero-order valence-electron chi connectivity index (χ0n) is 16.8. The number of ketones is 1. The van der Waals surface area contributed by atoms with Gasteiger partial charge in [0.05, 0.1) is 16.9 Å². The molecule has 0 spiro atoms. The Bertz CT molecular complexity index is 972. The van der Waals surface area contributed by atoms with E-state index < -0.39 is 34.3 Å². The van der Waals surface area contributed by atoms with E-state index in [0.717, 1.165) is 24.0 Å². The number of rotatable bonds is 4. The molecule has 1 aliphatic heterocycles. The molecule has 0 N–H and O–H groups in total. The number of ether oxygens (including phenoxy) is 1. The van der Waals surface area contributed by atoms with E-state index in [1.54, 1.807) is 24.3 Å². The van der Waals surface area contributed by atoms with Crippen LogP contribution in [0, 0.1) is 12.8 Å². The van der Waals surface area contributed by atoms with Crippen molar-refractivity contribution in [3.8, 4) is 0 Å². The molecule has 1 aliphatic carbocycles. The number of Topliss-reactive ketones (excluding diaryl/α,β-unsaturated/α-hetero) is 1. The van der Waals surface area contributed by atoms with Crippen molar-refractivity contribution in [3.63, 3.8) is 0 Å². The maximum Gasteiger partial charge on any atom is 0.245 e. The summed E-state index contributed by atoms with van der Waals surface area (Å²) in [5, 5.41) is 0.